The summed E-state index contributed by atoms with van der Waals surface area (Å²) in [5, 5.41) is 0. The van der Waals surface area contributed by atoms with Gasteiger partial charge in [0.15, 0.2) is 6.29 Å². The standard InChI is InChI=1S/C15H28O2/c1-12(2)7-6-8-13(3)9-14-16-10-15(4,5)11-17-14/h7,13-14H,6,8-11H2,1-5H3. The molecule has 0 spiro atoms. The molecule has 1 saturated heterocycles. The maximum absolute atomic E-state index is 5.75. The number of ether oxygens (including phenoxy) is 2. The van der Waals surface area contributed by atoms with Crippen molar-refractivity contribution in [3.63, 3.8) is 0 Å². The first kappa shape index (κ1) is 14.7. The Labute approximate surface area is 106 Å². The van der Waals surface area contributed by atoms with Gasteiger partial charge in [0.1, 0.15) is 0 Å². The van der Waals surface area contributed by atoms with Gasteiger partial charge < -0.3 is 9.47 Å². The third-order valence-corrected chi connectivity index (χ3v) is 3.13. The first-order valence-electron chi connectivity index (χ1n) is 6.75. The van der Waals surface area contributed by atoms with Crippen LogP contribution in [0.5, 0.6) is 0 Å². The van der Waals surface area contributed by atoms with Crippen molar-refractivity contribution in [2.75, 3.05) is 13.2 Å². The molecule has 0 aliphatic carbocycles. The van der Waals surface area contributed by atoms with Crippen LogP contribution >= 0.6 is 0 Å². The highest BCUT2D eigenvalue weighted by atomic mass is 16.7. The Morgan fingerprint density at radius 2 is 1.88 bits per heavy atom. The molecule has 1 unspecified atom stereocenters. The van der Waals surface area contributed by atoms with Gasteiger partial charge in [-0.25, -0.2) is 0 Å². The van der Waals surface area contributed by atoms with Gasteiger partial charge in [0.25, 0.3) is 0 Å². The molecule has 0 aromatic carbocycles. The Morgan fingerprint density at radius 3 is 2.41 bits per heavy atom. The molecule has 2 nitrogen and oxygen atoms in total. The fraction of sp³-hybridized carbons (Fsp3) is 0.867. The Morgan fingerprint density at radius 1 is 1.29 bits per heavy atom. The van der Waals surface area contributed by atoms with Crippen LogP contribution in [0.2, 0.25) is 0 Å². The summed E-state index contributed by atoms with van der Waals surface area (Å²) in [4.78, 5) is 0. The molecule has 1 heterocycles. The van der Waals surface area contributed by atoms with E-state index >= 15 is 0 Å². The summed E-state index contributed by atoms with van der Waals surface area (Å²) < 4.78 is 11.5. The Balaban J connectivity index is 2.19. The van der Waals surface area contributed by atoms with Crippen LogP contribution in [0.1, 0.15) is 53.9 Å². The molecule has 100 valence electrons. The number of allylic oxidation sites excluding steroid dienone is 2. The highest BCUT2D eigenvalue weighted by Crippen LogP contribution is 2.26. The number of hydrogen-bond donors (Lipinski definition) is 0. The summed E-state index contributed by atoms with van der Waals surface area (Å²) in [6.07, 6.45) is 5.73. The topological polar surface area (TPSA) is 18.5 Å². The van der Waals surface area contributed by atoms with Crippen LogP contribution in [0.4, 0.5) is 0 Å². The van der Waals surface area contributed by atoms with Gasteiger partial charge in [-0.05, 0) is 32.6 Å². The quantitative estimate of drug-likeness (QED) is 0.672. The maximum atomic E-state index is 5.75. The van der Waals surface area contributed by atoms with Crippen LogP contribution in [0.25, 0.3) is 0 Å². The molecule has 0 aromatic heterocycles. The van der Waals surface area contributed by atoms with Crippen LogP contribution in [0.15, 0.2) is 11.6 Å². The normalized spacial score (nSPS) is 22.2. The van der Waals surface area contributed by atoms with Crippen molar-refractivity contribution in [2.24, 2.45) is 11.3 Å². The maximum Gasteiger partial charge on any atom is 0.157 e. The first-order chi connectivity index (χ1) is 7.89. The minimum atomic E-state index is 0.0183. The minimum Gasteiger partial charge on any atom is -0.352 e. The third kappa shape index (κ3) is 6.23. The van der Waals surface area contributed by atoms with Gasteiger partial charge in [0, 0.05) is 11.8 Å². The summed E-state index contributed by atoms with van der Waals surface area (Å²) in [5.41, 5.74) is 1.59. The zero-order valence-electron chi connectivity index (χ0n) is 12.1. The van der Waals surface area contributed by atoms with E-state index in [-0.39, 0.29) is 11.7 Å². The lowest BCUT2D eigenvalue weighted by Gasteiger charge is -2.35. The molecule has 0 bridgehead atoms. The molecule has 1 rings (SSSR count). The molecule has 0 amide bonds. The van der Waals surface area contributed by atoms with Crippen molar-refractivity contribution >= 4 is 0 Å². The number of hydrogen-bond acceptors (Lipinski definition) is 2. The van der Waals surface area contributed by atoms with Gasteiger partial charge in [-0.3, -0.25) is 0 Å². The van der Waals surface area contributed by atoms with Crippen molar-refractivity contribution in [3.05, 3.63) is 11.6 Å². The molecule has 1 fully saturated rings. The fourth-order valence-corrected chi connectivity index (χ4v) is 1.97. The van der Waals surface area contributed by atoms with E-state index in [1.54, 1.807) is 0 Å². The van der Waals surface area contributed by atoms with Crippen molar-refractivity contribution < 1.29 is 9.47 Å². The van der Waals surface area contributed by atoms with Gasteiger partial charge in [0.05, 0.1) is 13.2 Å². The monoisotopic (exact) mass is 240 g/mol. The van der Waals surface area contributed by atoms with Crippen molar-refractivity contribution in [2.45, 2.75) is 60.2 Å². The van der Waals surface area contributed by atoms with E-state index in [9.17, 15) is 0 Å². The van der Waals surface area contributed by atoms with Crippen LogP contribution in [0.3, 0.4) is 0 Å². The van der Waals surface area contributed by atoms with Crippen molar-refractivity contribution in [1.29, 1.82) is 0 Å². The van der Waals surface area contributed by atoms with Gasteiger partial charge in [0.2, 0.25) is 0 Å². The largest absolute Gasteiger partial charge is 0.352 e. The summed E-state index contributed by atoms with van der Waals surface area (Å²) in [6, 6.07) is 0. The van der Waals surface area contributed by atoms with Gasteiger partial charge in [-0.1, -0.05) is 32.4 Å². The second-order valence-corrected chi connectivity index (χ2v) is 6.42. The summed E-state index contributed by atoms with van der Waals surface area (Å²) in [5.74, 6) is 0.664. The van der Waals surface area contributed by atoms with Gasteiger partial charge >= 0.3 is 0 Å². The van der Waals surface area contributed by atoms with E-state index in [2.05, 4.69) is 40.7 Å². The van der Waals surface area contributed by atoms with Gasteiger partial charge in [-0.2, -0.15) is 0 Å². The van der Waals surface area contributed by atoms with Crippen molar-refractivity contribution in [3.8, 4) is 0 Å². The lowest BCUT2D eigenvalue weighted by molar-refractivity contribution is -0.227. The molecular formula is C15H28O2. The highest BCUT2D eigenvalue weighted by Gasteiger charge is 2.28. The minimum absolute atomic E-state index is 0.0183. The predicted molar refractivity (Wildman–Crippen MR) is 71.9 cm³/mol. The molecule has 0 radical (unpaired) electrons. The van der Waals surface area contributed by atoms with E-state index in [4.69, 9.17) is 9.47 Å². The van der Waals surface area contributed by atoms with Crippen molar-refractivity contribution in [1.82, 2.24) is 0 Å². The first-order valence-corrected chi connectivity index (χ1v) is 6.75. The average Bonchev–Trinajstić information content (AvgIpc) is 2.21. The van der Waals surface area contributed by atoms with E-state index in [1.807, 2.05) is 0 Å². The smallest absolute Gasteiger partial charge is 0.157 e. The lowest BCUT2D eigenvalue weighted by atomic mass is 9.94. The number of rotatable bonds is 5. The van der Waals surface area contributed by atoms with Gasteiger partial charge in [-0.15, -0.1) is 0 Å². The molecule has 2 heteroatoms. The zero-order chi connectivity index (χ0) is 12.9. The molecule has 1 aliphatic rings. The lowest BCUT2D eigenvalue weighted by Crippen LogP contribution is -2.38. The Bertz CT molecular complexity index is 242. The fourth-order valence-electron chi connectivity index (χ4n) is 1.97. The molecule has 0 saturated carbocycles. The van der Waals surface area contributed by atoms with Crippen LogP contribution < -0.4 is 0 Å². The molecular weight excluding hydrogens is 212 g/mol. The van der Waals surface area contributed by atoms with E-state index in [0.717, 1.165) is 19.6 Å². The summed E-state index contributed by atoms with van der Waals surface area (Å²) in [6.45, 7) is 12.6. The SMILES string of the molecule is CC(C)=CCCC(C)CC1OCC(C)(C)CO1. The average molecular weight is 240 g/mol. The van der Waals surface area contributed by atoms with Crippen LogP contribution in [-0.4, -0.2) is 19.5 Å². The summed E-state index contributed by atoms with van der Waals surface area (Å²) >= 11 is 0. The second kappa shape index (κ2) is 6.55. The molecule has 17 heavy (non-hydrogen) atoms. The molecule has 0 N–H and O–H groups in total. The molecule has 1 aliphatic heterocycles. The Kier molecular flexibility index (Phi) is 5.68. The van der Waals surface area contributed by atoms with E-state index in [0.29, 0.717) is 5.92 Å². The predicted octanol–water partition coefficient (Wildman–Crippen LogP) is 4.16. The van der Waals surface area contributed by atoms with Crippen LogP contribution in [0, 0.1) is 11.3 Å². The summed E-state index contributed by atoms with van der Waals surface area (Å²) in [7, 11) is 0. The second-order valence-electron chi connectivity index (χ2n) is 6.42. The van der Waals surface area contributed by atoms with Crippen LogP contribution in [-0.2, 0) is 9.47 Å². The molecule has 0 aromatic rings. The molecule has 1 atom stereocenters. The third-order valence-electron chi connectivity index (χ3n) is 3.13. The highest BCUT2D eigenvalue weighted by molar-refractivity contribution is 4.92. The Hall–Kier alpha value is -0.340. The zero-order valence-corrected chi connectivity index (χ0v) is 12.1. The van der Waals surface area contributed by atoms with E-state index < -0.39 is 0 Å². The van der Waals surface area contributed by atoms with E-state index in [1.165, 1.54) is 18.4 Å².